The SMILES string of the molecule is CS(=O)(=O)N1CCC[C@@H]1c1noc(C2(c3ccccc3)CC2)n1. The third kappa shape index (κ3) is 2.48. The third-order valence-electron chi connectivity index (χ3n) is 4.86. The zero-order valence-electron chi connectivity index (χ0n) is 13.0. The van der Waals surface area contributed by atoms with Gasteiger partial charge in [0, 0.05) is 6.54 Å². The average molecular weight is 333 g/mol. The number of hydrogen-bond donors (Lipinski definition) is 0. The Labute approximate surface area is 135 Å². The zero-order valence-corrected chi connectivity index (χ0v) is 13.8. The van der Waals surface area contributed by atoms with E-state index in [2.05, 4.69) is 22.3 Å². The van der Waals surface area contributed by atoms with Gasteiger partial charge in [-0.25, -0.2) is 8.42 Å². The molecule has 2 aromatic rings. The molecule has 122 valence electrons. The van der Waals surface area contributed by atoms with Crippen molar-refractivity contribution in [3.8, 4) is 0 Å². The van der Waals surface area contributed by atoms with Crippen LogP contribution in [-0.4, -0.2) is 35.7 Å². The van der Waals surface area contributed by atoms with Crippen molar-refractivity contribution in [3.63, 3.8) is 0 Å². The summed E-state index contributed by atoms with van der Waals surface area (Å²) in [5.74, 6) is 1.10. The van der Waals surface area contributed by atoms with Gasteiger partial charge in [-0.1, -0.05) is 35.5 Å². The highest BCUT2D eigenvalue weighted by atomic mass is 32.2. The molecule has 1 aromatic heterocycles. The van der Waals surface area contributed by atoms with E-state index in [-0.39, 0.29) is 11.5 Å². The summed E-state index contributed by atoms with van der Waals surface area (Å²) in [7, 11) is -3.25. The van der Waals surface area contributed by atoms with Crippen LogP contribution in [0.1, 0.15) is 49.0 Å². The molecule has 0 N–H and O–H groups in total. The number of hydrogen-bond acceptors (Lipinski definition) is 5. The lowest BCUT2D eigenvalue weighted by Gasteiger charge is -2.18. The molecule has 1 aromatic carbocycles. The maximum atomic E-state index is 11.9. The largest absolute Gasteiger partial charge is 0.338 e. The van der Waals surface area contributed by atoms with Gasteiger partial charge in [-0.3, -0.25) is 0 Å². The van der Waals surface area contributed by atoms with Crippen LogP contribution < -0.4 is 0 Å². The molecule has 0 bridgehead atoms. The summed E-state index contributed by atoms with van der Waals surface area (Å²) < 4.78 is 30.8. The van der Waals surface area contributed by atoms with Gasteiger partial charge < -0.3 is 4.52 Å². The summed E-state index contributed by atoms with van der Waals surface area (Å²) >= 11 is 0. The number of benzene rings is 1. The van der Waals surface area contributed by atoms with E-state index >= 15 is 0 Å². The highest BCUT2D eigenvalue weighted by Gasteiger charge is 2.51. The number of rotatable bonds is 4. The van der Waals surface area contributed by atoms with Crippen molar-refractivity contribution in [3.05, 3.63) is 47.6 Å². The topological polar surface area (TPSA) is 76.3 Å². The highest BCUT2D eigenvalue weighted by Crippen LogP contribution is 2.53. The Morgan fingerprint density at radius 3 is 2.65 bits per heavy atom. The Morgan fingerprint density at radius 1 is 1.26 bits per heavy atom. The molecule has 0 spiro atoms. The lowest BCUT2D eigenvalue weighted by molar-refractivity contribution is 0.336. The van der Waals surface area contributed by atoms with Crippen LogP contribution in [0.3, 0.4) is 0 Å². The fourth-order valence-corrected chi connectivity index (χ4v) is 4.59. The molecule has 2 aliphatic rings. The second-order valence-electron chi connectivity index (χ2n) is 6.44. The summed E-state index contributed by atoms with van der Waals surface area (Å²) in [4.78, 5) is 4.58. The van der Waals surface area contributed by atoms with Gasteiger partial charge >= 0.3 is 0 Å². The second kappa shape index (κ2) is 5.14. The highest BCUT2D eigenvalue weighted by molar-refractivity contribution is 7.88. The Morgan fingerprint density at radius 2 is 2.00 bits per heavy atom. The van der Waals surface area contributed by atoms with Crippen molar-refractivity contribution < 1.29 is 12.9 Å². The minimum absolute atomic E-state index is 0.180. The maximum absolute atomic E-state index is 11.9. The van der Waals surface area contributed by atoms with Crippen LogP contribution in [-0.2, 0) is 15.4 Å². The van der Waals surface area contributed by atoms with Gasteiger partial charge in [-0.2, -0.15) is 9.29 Å². The normalized spacial score (nSPS) is 24.0. The molecule has 4 rings (SSSR count). The lowest BCUT2D eigenvalue weighted by Crippen LogP contribution is -2.30. The van der Waals surface area contributed by atoms with Crippen LogP contribution in [0.2, 0.25) is 0 Å². The summed E-state index contributed by atoms with van der Waals surface area (Å²) in [6, 6.07) is 9.87. The van der Waals surface area contributed by atoms with E-state index in [1.54, 1.807) is 0 Å². The molecular weight excluding hydrogens is 314 g/mol. The van der Waals surface area contributed by atoms with Gasteiger partial charge in [0.15, 0.2) is 5.82 Å². The quantitative estimate of drug-likeness (QED) is 0.858. The minimum Gasteiger partial charge on any atom is -0.338 e. The van der Waals surface area contributed by atoms with Crippen molar-refractivity contribution in [2.75, 3.05) is 12.8 Å². The monoisotopic (exact) mass is 333 g/mol. The summed E-state index contributed by atoms with van der Waals surface area (Å²) in [6.45, 7) is 0.525. The van der Waals surface area contributed by atoms with Crippen LogP contribution in [0, 0.1) is 0 Å². The molecule has 1 saturated heterocycles. The van der Waals surface area contributed by atoms with Gasteiger partial charge in [-0.05, 0) is 31.2 Å². The molecule has 6 nitrogen and oxygen atoms in total. The summed E-state index contributed by atoms with van der Waals surface area (Å²) in [5.41, 5.74) is 1.00. The van der Waals surface area contributed by atoms with Crippen molar-refractivity contribution in [2.24, 2.45) is 0 Å². The first-order chi connectivity index (χ1) is 11.0. The van der Waals surface area contributed by atoms with Gasteiger partial charge in [0.1, 0.15) is 0 Å². The Hall–Kier alpha value is -1.73. The van der Waals surface area contributed by atoms with Gasteiger partial charge in [-0.15, -0.1) is 0 Å². The second-order valence-corrected chi connectivity index (χ2v) is 8.37. The van der Waals surface area contributed by atoms with Gasteiger partial charge in [0.05, 0.1) is 17.7 Å². The fourth-order valence-electron chi connectivity index (χ4n) is 3.47. The predicted molar refractivity (Wildman–Crippen MR) is 84.3 cm³/mol. The van der Waals surface area contributed by atoms with E-state index < -0.39 is 10.0 Å². The lowest BCUT2D eigenvalue weighted by atomic mass is 9.96. The van der Waals surface area contributed by atoms with Crippen LogP contribution >= 0.6 is 0 Å². The summed E-state index contributed by atoms with van der Waals surface area (Å²) in [5, 5.41) is 4.10. The molecule has 23 heavy (non-hydrogen) atoms. The van der Waals surface area contributed by atoms with Crippen molar-refractivity contribution >= 4 is 10.0 Å². The first-order valence-corrected chi connectivity index (χ1v) is 9.72. The molecule has 1 saturated carbocycles. The first kappa shape index (κ1) is 14.8. The van der Waals surface area contributed by atoms with Crippen LogP contribution in [0.4, 0.5) is 0 Å². The zero-order chi connectivity index (χ0) is 16.1. The van der Waals surface area contributed by atoms with Gasteiger partial charge in [0.2, 0.25) is 15.9 Å². The van der Waals surface area contributed by atoms with E-state index in [1.165, 1.54) is 16.1 Å². The molecule has 1 aliphatic heterocycles. The van der Waals surface area contributed by atoms with Gasteiger partial charge in [0.25, 0.3) is 0 Å². The van der Waals surface area contributed by atoms with E-state index in [9.17, 15) is 8.42 Å². The van der Waals surface area contributed by atoms with Crippen molar-refractivity contribution in [1.29, 1.82) is 0 Å². The smallest absolute Gasteiger partial charge is 0.237 e. The number of nitrogens with zero attached hydrogens (tertiary/aromatic N) is 3. The minimum atomic E-state index is -3.25. The van der Waals surface area contributed by atoms with E-state index in [1.807, 2.05) is 18.2 Å². The molecular formula is C16H19N3O3S. The molecule has 0 radical (unpaired) electrons. The maximum Gasteiger partial charge on any atom is 0.237 e. The van der Waals surface area contributed by atoms with Crippen molar-refractivity contribution in [1.82, 2.24) is 14.4 Å². The van der Waals surface area contributed by atoms with Crippen LogP contribution in [0.15, 0.2) is 34.9 Å². The van der Waals surface area contributed by atoms with E-state index in [0.717, 1.165) is 25.7 Å². The average Bonchev–Trinajstić information content (AvgIpc) is 2.98. The molecule has 2 fully saturated rings. The molecule has 0 amide bonds. The molecule has 1 aliphatic carbocycles. The Balaban J connectivity index is 1.66. The molecule has 7 heteroatoms. The third-order valence-corrected chi connectivity index (χ3v) is 6.14. The number of aromatic nitrogens is 2. The first-order valence-electron chi connectivity index (χ1n) is 7.87. The van der Waals surface area contributed by atoms with Crippen LogP contribution in [0.25, 0.3) is 0 Å². The standard InChI is InChI=1S/C16H19N3O3S/c1-23(20,21)19-11-5-8-13(19)14-17-15(22-18-14)16(9-10-16)12-6-3-2-4-7-12/h2-4,6-7,13H,5,8-11H2,1H3/t13-/m1/s1. The summed E-state index contributed by atoms with van der Waals surface area (Å²) in [6.07, 6.45) is 4.77. The fraction of sp³-hybridized carbons (Fsp3) is 0.500. The van der Waals surface area contributed by atoms with E-state index in [0.29, 0.717) is 18.3 Å². The van der Waals surface area contributed by atoms with E-state index in [4.69, 9.17) is 4.52 Å². The molecule has 0 unspecified atom stereocenters. The molecule has 1 atom stereocenters. The Kier molecular flexibility index (Phi) is 3.32. The van der Waals surface area contributed by atoms with Crippen LogP contribution in [0.5, 0.6) is 0 Å². The predicted octanol–water partition coefficient (Wildman–Crippen LogP) is 2.25. The number of sulfonamides is 1. The Bertz CT molecular complexity index is 812. The molecule has 2 heterocycles. The van der Waals surface area contributed by atoms with Crippen molar-refractivity contribution in [2.45, 2.75) is 37.1 Å².